The number of hydrogen-bond acceptors (Lipinski definition) is 2. The van der Waals surface area contributed by atoms with Crippen molar-refractivity contribution in [1.82, 2.24) is 0 Å². The molecule has 1 aliphatic carbocycles. The zero-order valence-corrected chi connectivity index (χ0v) is 11.8. The van der Waals surface area contributed by atoms with Crippen LogP contribution in [0.2, 0.25) is 0 Å². The topological polar surface area (TPSA) is 35.2 Å². The van der Waals surface area contributed by atoms with E-state index in [-0.39, 0.29) is 0 Å². The first-order valence-corrected chi connectivity index (χ1v) is 7.63. The molecule has 17 heavy (non-hydrogen) atoms. The molecule has 0 aromatic heterocycles. The molecule has 2 heteroatoms. The molecular weight excluding hydrogens is 210 g/mol. The van der Waals surface area contributed by atoms with Gasteiger partial charge in [0.2, 0.25) is 0 Å². The monoisotopic (exact) mass is 241 g/mol. The average molecular weight is 241 g/mol. The first-order valence-electron chi connectivity index (χ1n) is 7.63. The van der Waals surface area contributed by atoms with E-state index in [0.29, 0.717) is 18.1 Å². The maximum atomic E-state index is 6.19. The number of rotatable bonds is 8. The quantitative estimate of drug-likeness (QED) is 0.655. The van der Waals surface area contributed by atoms with Crippen LogP contribution in [0.3, 0.4) is 0 Å². The van der Waals surface area contributed by atoms with Crippen molar-refractivity contribution >= 4 is 0 Å². The standard InChI is InChI=1S/C15H31NO/c1-3-4-5-6-9-13(2)17-15-11-8-7-10-14(15)12-16/h13-15H,3-12,16H2,1-2H3. The summed E-state index contributed by atoms with van der Waals surface area (Å²) in [7, 11) is 0. The van der Waals surface area contributed by atoms with E-state index in [9.17, 15) is 0 Å². The van der Waals surface area contributed by atoms with Crippen molar-refractivity contribution in [2.24, 2.45) is 11.7 Å². The maximum Gasteiger partial charge on any atom is 0.0618 e. The smallest absolute Gasteiger partial charge is 0.0618 e. The molecule has 1 fully saturated rings. The fourth-order valence-electron chi connectivity index (χ4n) is 2.85. The van der Waals surface area contributed by atoms with Gasteiger partial charge >= 0.3 is 0 Å². The van der Waals surface area contributed by atoms with Gasteiger partial charge in [-0.15, -0.1) is 0 Å². The minimum Gasteiger partial charge on any atom is -0.375 e. The summed E-state index contributed by atoms with van der Waals surface area (Å²) in [6.45, 7) is 5.29. The molecule has 0 heterocycles. The Hall–Kier alpha value is -0.0800. The summed E-state index contributed by atoms with van der Waals surface area (Å²) in [5, 5.41) is 0. The molecule has 1 saturated carbocycles. The Balaban J connectivity index is 2.16. The first kappa shape index (κ1) is 15.0. The molecule has 2 nitrogen and oxygen atoms in total. The van der Waals surface area contributed by atoms with E-state index in [0.717, 1.165) is 6.54 Å². The van der Waals surface area contributed by atoms with Crippen molar-refractivity contribution in [1.29, 1.82) is 0 Å². The van der Waals surface area contributed by atoms with Crippen LogP contribution in [0.25, 0.3) is 0 Å². The van der Waals surface area contributed by atoms with Crippen LogP contribution in [-0.4, -0.2) is 18.8 Å². The summed E-state index contributed by atoms with van der Waals surface area (Å²) in [6.07, 6.45) is 12.6. The molecule has 102 valence electrons. The normalized spacial score (nSPS) is 27.0. The molecule has 0 amide bonds. The van der Waals surface area contributed by atoms with E-state index in [1.165, 1.54) is 57.8 Å². The lowest BCUT2D eigenvalue weighted by molar-refractivity contribution is -0.0535. The summed E-state index contributed by atoms with van der Waals surface area (Å²) in [5.41, 5.74) is 5.83. The van der Waals surface area contributed by atoms with Gasteiger partial charge in [-0.3, -0.25) is 0 Å². The van der Waals surface area contributed by atoms with Gasteiger partial charge in [0.1, 0.15) is 0 Å². The summed E-state index contributed by atoms with van der Waals surface area (Å²) in [6, 6.07) is 0. The maximum absolute atomic E-state index is 6.19. The van der Waals surface area contributed by atoms with E-state index in [4.69, 9.17) is 10.5 Å². The highest BCUT2D eigenvalue weighted by molar-refractivity contribution is 4.77. The molecule has 0 radical (unpaired) electrons. The van der Waals surface area contributed by atoms with E-state index >= 15 is 0 Å². The summed E-state index contributed by atoms with van der Waals surface area (Å²) >= 11 is 0. The van der Waals surface area contributed by atoms with Crippen LogP contribution in [0.4, 0.5) is 0 Å². The van der Waals surface area contributed by atoms with Gasteiger partial charge in [-0.1, -0.05) is 45.4 Å². The first-order chi connectivity index (χ1) is 8.27. The minimum atomic E-state index is 0.420. The SMILES string of the molecule is CCCCCCC(C)OC1CCCCC1CN. The van der Waals surface area contributed by atoms with Gasteiger partial charge in [0.05, 0.1) is 12.2 Å². The molecule has 1 rings (SSSR count). The lowest BCUT2D eigenvalue weighted by atomic mass is 9.86. The molecule has 3 unspecified atom stereocenters. The van der Waals surface area contributed by atoms with E-state index in [2.05, 4.69) is 13.8 Å². The van der Waals surface area contributed by atoms with Crippen LogP contribution < -0.4 is 5.73 Å². The van der Waals surface area contributed by atoms with Gasteiger partial charge in [0.25, 0.3) is 0 Å². The highest BCUT2D eigenvalue weighted by Crippen LogP contribution is 2.27. The molecule has 0 aromatic rings. The molecule has 0 aliphatic heterocycles. The lowest BCUT2D eigenvalue weighted by Crippen LogP contribution is -2.35. The van der Waals surface area contributed by atoms with Gasteiger partial charge < -0.3 is 10.5 Å². The second-order valence-electron chi connectivity index (χ2n) is 5.61. The van der Waals surface area contributed by atoms with Crippen molar-refractivity contribution in [2.75, 3.05) is 6.54 Å². The van der Waals surface area contributed by atoms with Gasteiger partial charge in [-0.2, -0.15) is 0 Å². The largest absolute Gasteiger partial charge is 0.375 e. The Bertz CT molecular complexity index is 184. The van der Waals surface area contributed by atoms with Crippen molar-refractivity contribution in [3.8, 4) is 0 Å². The van der Waals surface area contributed by atoms with Crippen LogP contribution in [0, 0.1) is 5.92 Å². The molecule has 0 aromatic carbocycles. The lowest BCUT2D eigenvalue weighted by Gasteiger charge is -2.32. The molecule has 3 atom stereocenters. The minimum absolute atomic E-state index is 0.420. The molecule has 0 spiro atoms. The third kappa shape index (κ3) is 5.87. The Morgan fingerprint density at radius 2 is 1.94 bits per heavy atom. The van der Waals surface area contributed by atoms with Gasteiger partial charge in [-0.25, -0.2) is 0 Å². The van der Waals surface area contributed by atoms with E-state index in [1.807, 2.05) is 0 Å². The van der Waals surface area contributed by atoms with Crippen LogP contribution in [-0.2, 0) is 4.74 Å². The predicted octanol–water partition coefficient (Wildman–Crippen LogP) is 3.88. The molecule has 0 bridgehead atoms. The second kappa shape index (κ2) is 8.93. The number of unbranched alkanes of at least 4 members (excludes halogenated alkanes) is 3. The van der Waals surface area contributed by atoms with Crippen molar-refractivity contribution in [3.05, 3.63) is 0 Å². The van der Waals surface area contributed by atoms with Gasteiger partial charge in [0, 0.05) is 0 Å². The molecular formula is C15H31NO. The van der Waals surface area contributed by atoms with Crippen molar-refractivity contribution in [3.63, 3.8) is 0 Å². The fourth-order valence-corrected chi connectivity index (χ4v) is 2.85. The highest BCUT2D eigenvalue weighted by Gasteiger charge is 2.25. The van der Waals surface area contributed by atoms with Crippen LogP contribution in [0.1, 0.15) is 71.6 Å². The zero-order valence-electron chi connectivity index (χ0n) is 11.8. The summed E-state index contributed by atoms with van der Waals surface area (Å²) in [5.74, 6) is 0.613. The number of nitrogens with two attached hydrogens (primary N) is 1. The third-order valence-electron chi connectivity index (χ3n) is 4.01. The van der Waals surface area contributed by atoms with Gasteiger partial charge in [-0.05, 0) is 38.6 Å². The average Bonchev–Trinajstić information content (AvgIpc) is 2.35. The number of hydrogen-bond donors (Lipinski definition) is 1. The van der Waals surface area contributed by atoms with E-state index < -0.39 is 0 Å². The number of ether oxygens (including phenoxy) is 1. The van der Waals surface area contributed by atoms with Crippen LogP contribution >= 0.6 is 0 Å². The van der Waals surface area contributed by atoms with Gasteiger partial charge in [0.15, 0.2) is 0 Å². The molecule has 2 N–H and O–H groups in total. The fraction of sp³-hybridized carbons (Fsp3) is 1.00. The van der Waals surface area contributed by atoms with Crippen LogP contribution in [0.15, 0.2) is 0 Å². The van der Waals surface area contributed by atoms with Crippen LogP contribution in [0.5, 0.6) is 0 Å². The van der Waals surface area contributed by atoms with Crippen molar-refractivity contribution < 1.29 is 4.74 Å². The van der Waals surface area contributed by atoms with E-state index in [1.54, 1.807) is 0 Å². The predicted molar refractivity (Wildman–Crippen MR) is 74.1 cm³/mol. The Morgan fingerprint density at radius 1 is 1.18 bits per heavy atom. The van der Waals surface area contributed by atoms with Crippen molar-refractivity contribution in [2.45, 2.75) is 83.8 Å². The summed E-state index contributed by atoms with van der Waals surface area (Å²) < 4.78 is 6.19. The Labute approximate surface area is 107 Å². The Morgan fingerprint density at radius 3 is 2.65 bits per heavy atom. The zero-order chi connectivity index (χ0) is 12.5. The molecule has 1 aliphatic rings. The summed E-state index contributed by atoms with van der Waals surface area (Å²) in [4.78, 5) is 0. The highest BCUT2D eigenvalue weighted by atomic mass is 16.5. The third-order valence-corrected chi connectivity index (χ3v) is 4.01. The molecule has 0 saturated heterocycles. The Kier molecular flexibility index (Phi) is 7.87. The second-order valence-corrected chi connectivity index (χ2v) is 5.61.